The highest BCUT2D eigenvalue weighted by Gasteiger charge is 2.09. The van der Waals surface area contributed by atoms with Crippen LogP contribution in [0, 0.1) is 6.92 Å². The number of aromatic nitrogens is 2. The van der Waals surface area contributed by atoms with Gasteiger partial charge in [-0.3, -0.25) is 4.79 Å². The van der Waals surface area contributed by atoms with Gasteiger partial charge in [-0.05, 0) is 38.5 Å². The molecule has 0 radical (unpaired) electrons. The maximum atomic E-state index is 11.9. The number of fused-ring (bicyclic) bond motifs is 1. The van der Waals surface area contributed by atoms with Crippen LogP contribution in [0.15, 0.2) is 18.2 Å². The van der Waals surface area contributed by atoms with E-state index in [2.05, 4.69) is 9.97 Å². The number of hydrogen-bond acceptors (Lipinski definition) is 3. The Morgan fingerprint density at radius 1 is 1.53 bits per heavy atom. The number of aryl methyl sites for hydroxylation is 1. The molecule has 0 aliphatic rings. The number of Topliss-reactive ketones (excluding diaryl/α,β-unsaturated/α-hetero) is 1. The summed E-state index contributed by atoms with van der Waals surface area (Å²) in [7, 11) is 0. The molecule has 0 spiro atoms. The maximum Gasteiger partial charge on any atom is 0.163 e. The second kappa shape index (κ2) is 4.67. The molecule has 3 N–H and O–H groups in total. The third kappa shape index (κ3) is 2.71. The normalized spacial score (nSPS) is 12.9. The Morgan fingerprint density at radius 2 is 2.29 bits per heavy atom. The molecule has 4 heteroatoms. The molecule has 1 atom stereocenters. The molecule has 1 aromatic carbocycles. The van der Waals surface area contributed by atoms with Crippen molar-refractivity contribution in [3.63, 3.8) is 0 Å². The van der Waals surface area contributed by atoms with Crippen LogP contribution in [0.5, 0.6) is 0 Å². The van der Waals surface area contributed by atoms with Crippen LogP contribution in [0.1, 0.15) is 35.9 Å². The quantitative estimate of drug-likeness (QED) is 0.792. The Balaban J connectivity index is 2.20. The molecule has 0 saturated heterocycles. The van der Waals surface area contributed by atoms with Gasteiger partial charge in [0.25, 0.3) is 0 Å². The molecular formula is C13H17N3O. The average Bonchev–Trinajstić information content (AvgIpc) is 2.64. The highest BCUT2D eigenvalue weighted by molar-refractivity contribution is 5.98. The molecule has 0 aliphatic heterocycles. The van der Waals surface area contributed by atoms with Crippen molar-refractivity contribution >= 4 is 16.8 Å². The lowest BCUT2D eigenvalue weighted by Crippen LogP contribution is -2.16. The summed E-state index contributed by atoms with van der Waals surface area (Å²) in [5.74, 6) is 0.997. The number of carbonyl (C=O) groups is 1. The minimum Gasteiger partial charge on any atom is -0.342 e. The zero-order chi connectivity index (χ0) is 12.4. The van der Waals surface area contributed by atoms with E-state index in [-0.39, 0.29) is 11.8 Å². The molecule has 4 nitrogen and oxygen atoms in total. The Kier molecular flexibility index (Phi) is 3.24. The number of rotatable bonds is 4. The van der Waals surface area contributed by atoms with Gasteiger partial charge >= 0.3 is 0 Å². The fourth-order valence-corrected chi connectivity index (χ4v) is 1.81. The number of carbonyl (C=O) groups excluding carboxylic acids is 1. The Morgan fingerprint density at radius 3 is 3.00 bits per heavy atom. The van der Waals surface area contributed by atoms with E-state index in [1.807, 2.05) is 32.0 Å². The van der Waals surface area contributed by atoms with Gasteiger partial charge in [-0.25, -0.2) is 4.98 Å². The fraction of sp³-hybridized carbons (Fsp3) is 0.385. The summed E-state index contributed by atoms with van der Waals surface area (Å²) >= 11 is 0. The Labute approximate surface area is 100 Å². The van der Waals surface area contributed by atoms with Crippen molar-refractivity contribution in [2.24, 2.45) is 5.73 Å². The number of H-pyrrole nitrogens is 1. The fourth-order valence-electron chi connectivity index (χ4n) is 1.81. The summed E-state index contributed by atoms with van der Waals surface area (Å²) < 4.78 is 0. The van der Waals surface area contributed by atoms with Gasteiger partial charge in [0, 0.05) is 18.0 Å². The number of benzene rings is 1. The number of nitrogens with two attached hydrogens (primary N) is 1. The van der Waals surface area contributed by atoms with Crippen molar-refractivity contribution in [2.75, 3.05) is 0 Å². The molecule has 0 aliphatic carbocycles. The van der Waals surface area contributed by atoms with Crippen molar-refractivity contribution in [3.05, 3.63) is 29.6 Å². The molecule has 17 heavy (non-hydrogen) atoms. The van der Waals surface area contributed by atoms with Gasteiger partial charge < -0.3 is 10.7 Å². The van der Waals surface area contributed by atoms with Crippen molar-refractivity contribution in [1.82, 2.24) is 9.97 Å². The van der Waals surface area contributed by atoms with E-state index in [0.717, 1.165) is 28.8 Å². The lowest BCUT2D eigenvalue weighted by Gasteiger charge is -2.04. The SMILES string of the molecule is Cc1nc2ccc(C(=O)CCC(C)N)cc2[nH]1. The molecule has 1 unspecified atom stereocenters. The second-order valence-electron chi connectivity index (χ2n) is 4.49. The van der Waals surface area contributed by atoms with Crippen LogP contribution in [0.2, 0.25) is 0 Å². The van der Waals surface area contributed by atoms with Crippen LogP contribution < -0.4 is 5.73 Å². The first kappa shape index (κ1) is 11.8. The van der Waals surface area contributed by atoms with Gasteiger partial charge in [0.1, 0.15) is 5.82 Å². The summed E-state index contributed by atoms with van der Waals surface area (Å²) in [6.07, 6.45) is 1.22. The number of aromatic amines is 1. The number of imidazole rings is 1. The Hall–Kier alpha value is -1.68. The average molecular weight is 231 g/mol. The third-order valence-electron chi connectivity index (χ3n) is 2.75. The maximum absolute atomic E-state index is 11.9. The van der Waals surface area contributed by atoms with Gasteiger partial charge in [0.15, 0.2) is 5.78 Å². The first-order valence-corrected chi connectivity index (χ1v) is 5.81. The highest BCUT2D eigenvalue weighted by atomic mass is 16.1. The van der Waals surface area contributed by atoms with Gasteiger partial charge in [-0.2, -0.15) is 0 Å². The molecule has 2 rings (SSSR count). The van der Waals surface area contributed by atoms with Crippen LogP contribution in [0.25, 0.3) is 11.0 Å². The minimum absolute atomic E-state index is 0.0667. The van der Waals surface area contributed by atoms with Crippen molar-refractivity contribution < 1.29 is 4.79 Å². The summed E-state index contributed by atoms with van der Waals surface area (Å²) in [6.45, 7) is 3.81. The van der Waals surface area contributed by atoms with Crippen LogP contribution in [-0.2, 0) is 0 Å². The topological polar surface area (TPSA) is 71.8 Å². The molecule has 0 amide bonds. The first-order chi connectivity index (χ1) is 8.06. The van der Waals surface area contributed by atoms with E-state index < -0.39 is 0 Å². The minimum atomic E-state index is 0.0667. The number of hydrogen-bond donors (Lipinski definition) is 2. The summed E-state index contributed by atoms with van der Waals surface area (Å²) in [6, 6.07) is 5.63. The molecule has 1 aromatic heterocycles. The smallest absolute Gasteiger partial charge is 0.163 e. The highest BCUT2D eigenvalue weighted by Crippen LogP contribution is 2.15. The van der Waals surface area contributed by atoms with Crippen molar-refractivity contribution in [3.8, 4) is 0 Å². The summed E-state index contributed by atoms with van der Waals surface area (Å²) in [4.78, 5) is 19.3. The van der Waals surface area contributed by atoms with E-state index in [0.29, 0.717) is 6.42 Å². The van der Waals surface area contributed by atoms with Crippen LogP contribution in [0.3, 0.4) is 0 Å². The molecular weight excluding hydrogens is 214 g/mol. The van der Waals surface area contributed by atoms with Gasteiger partial charge in [-0.1, -0.05) is 0 Å². The van der Waals surface area contributed by atoms with Crippen molar-refractivity contribution in [2.45, 2.75) is 32.7 Å². The van der Waals surface area contributed by atoms with Gasteiger partial charge in [0.2, 0.25) is 0 Å². The number of ketones is 1. The summed E-state index contributed by atoms with van der Waals surface area (Å²) in [5, 5.41) is 0. The predicted molar refractivity (Wildman–Crippen MR) is 68.0 cm³/mol. The molecule has 90 valence electrons. The Bertz CT molecular complexity index is 543. The van der Waals surface area contributed by atoms with E-state index in [9.17, 15) is 4.79 Å². The molecule has 0 saturated carbocycles. The zero-order valence-electron chi connectivity index (χ0n) is 10.2. The van der Waals surface area contributed by atoms with E-state index in [1.165, 1.54) is 0 Å². The second-order valence-corrected chi connectivity index (χ2v) is 4.49. The predicted octanol–water partition coefficient (Wildman–Crippen LogP) is 2.18. The number of nitrogens with zero attached hydrogens (tertiary/aromatic N) is 1. The molecule has 1 heterocycles. The zero-order valence-corrected chi connectivity index (χ0v) is 10.2. The first-order valence-electron chi connectivity index (χ1n) is 5.81. The lowest BCUT2D eigenvalue weighted by molar-refractivity contribution is 0.0978. The molecule has 0 fully saturated rings. The van der Waals surface area contributed by atoms with Gasteiger partial charge in [-0.15, -0.1) is 0 Å². The standard InChI is InChI=1S/C13H17N3O/c1-8(14)3-6-13(17)10-4-5-11-12(7-10)16-9(2)15-11/h4-5,7-8H,3,6,14H2,1-2H3,(H,15,16). The van der Waals surface area contributed by atoms with E-state index >= 15 is 0 Å². The molecule has 2 aromatic rings. The lowest BCUT2D eigenvalue weighted by atomic mass is 10.0. The van der Waals surface area contributed by atoms with Crippen LogP contribution in [0.4, 0.5) is 0 Å². The van der Waals surface area contributed by atoms with Crippen LogP contribution in [-0.4, -0.2) is 21.8 Å². The van der Waals surface area contributed by atoms with E-state index in [1.54, 1.807) is 0 Å². The van der Waals surface area contributed by atoms with Crippen molar-refractivity contribution in [1.29, 1.82) is 0 Å². The monoisotopic (exact) mass is 231 g/mol. The van der Waals surface area contributed by atoms with Crippen LogP contribution >= 0.6 is 0 Å². The molecule has 0 bridgehead atoms. The largest absolute Gasteiger partial charge is 0.342 e. The third-order valence-corrected chi connectivity index (χ3v) is 2.75. The van der Waals surface area contributed by atoms with Gasteiger partial charge in [0.05, 0.1) is 11.0 Å². The van der Waals surface area contributed by atoms with E-state index in [4.69, 9.17) is 5.73 Å². The number of nitrogens with one attached hydrogen (secondary N) is 1. The summed E-state index contributed by atoms with van der Waals surface area (Å²) in [5.41, 5.74) is 8.17.